The van der Waals surface area contributed by atoms with Gasteiger partial charge < -0.3 is 4.74 Å². The number of carbonyl (C=O) groups is 1. The maximum absolute atomic E-state index is 11.0. The van der Waals surface area contributed by atoms with Crippen LogP contribution in [0.25, 0.3) is 0 Å². The van der Waals surface area contributed by atoms with Gasteiger partial charge in [-0.1, -0.05) is 0 Å². The Morgan fingerprint density at radius 3 is 2.71 bits per heavy atom. The van der Waals surface area contributed by atoms with Crippen molar-refractivity contribution in [3.63, 3.8) is 0 Å². The van der Waals surface area contributed by atoms with Gasteiger partial charge in [-0.3, -0.25) is 4.79 Å². The fourth-order valence-corrected chi connectivity index (χ4v) is 1.42. The van der Waals surface area contributed by atoms with Crippen LogP contribution in [0, 0.1) is 0 Å². The third-order valence-corrected chi connectivity index (χ3v) is 2.11. The number of ether oxygens (including phenoxy) is 1. The molecule has 0 bridgehead atoms. The summed E-state index contributed by atoms with van der Waals surface area (Å²) in [6.45, 7) is 1.15. The van der Waals surface area contributed by atoms with E-state index in [1.807, 2.05) is 0 Å². The number of hydrogen-bond donors (Lipinski definition) is 1. The Hall–Kier alpha value is -1.47. The highest BCUT2D eigenvalue weighted by Gasteiger charge is 2.17. The second-order valence-corrected chi connectivity index (χ2v) is 3.92. The second kappa shape index (κ2) is 3.72. The molecule has 0 aliphatic heterocycles. The van der Waals surface area contributed by atoms with Crippen LogP contribution >= 0.6 is 0 Å². The molecule has 0 saturated carbocycles. The molecule has 6 nitrogen and oxygen atoms in total. The molecular weight excluding hydrogens is 208 g/mol. The minimum absolute atomic E-state index is 0.164. The Morgan fingerprint density at radius 2 is 2.21 bits per heavy atom. The molecule has 7 heteroatoms. The van der Waals surface area contributed by atoms with Crippen molar-refractivity contribution in [3.05, 3.63) is 18.3 Å². The van der Waals surface area contributed by atoms with Crippen LogP contribution in [0.5, 0.6) is 5.75 Å². The lowest BCUT2D eigenvalue weighted by Crippen LogP contribution is -2.16. The monoisotopic (exact) mass is 216 g/mol. The fraction of sp³-hybridized carbons (Fsp3) is 0.143. The predicted octanol–water partition coefficient (Wildman–Crippen LogP) is -0.346. The quantitative estimate of drug-likeness (QED) is 0.681. The normalized spacial score (nSPS) is 11.0. The van der Waals surface area contributed by atoms with E-state index in [4.69, 9.17) is 5.14 Å². The third kappa shape index (κ3) is 2.51. The first kappa shape index (κ1) is 10.6. The highest BCUT2D eigenvalue weighted by Crippen LogP contribution is 2.18. The summed E-state index contributed by atoms with van der Waals surface area (Å²) >= 11 is 0. The van der Waals surface area contributed by atoms with Crippen LogP contribution in [0.15, 0.2) is 23.4 Å². The van der Waals surface area contributed by atoms with Gasteiger partial charge in [-0.05, 0) is 12.1 Å². The van der Waals surface area contributed by atoms with Crippen molar-refractivity contribution < 1.29 is 17.9 Å². The molecule has 76 valence electrons. The zero-order valence-corrected chi connectivity index (χ0v) is 8.11. The average molecular weight is 216 g/mol. The summed E-state index contributed by atoms with van der Waals surface area (Å²) in [5.74, 6) is -0.801. The minimum Gasteiger partial charge on any atom is -0.424 e. The number of nitrogens with two attached hydrogens (primary N) is 1. The Kier molecular flexibility index (Phi) is 2.82. The lowest BCUT2D eigenvalue weighted by molar-refractivity contribution is -0.132. The van der Waals surface area contributed by atoms with Crippen molar-refractivity contribution >= 4 is 16.0 Å². The van der Waals surface area contributed by atoms with Crippen LogP contribution in [-0.2, 0) is 14.8 Å². The largest absolute Gasteiger partial charge is 0.424 e. The van der Waals surface area contributed by atoms with E-state index >= 15 is 0 Å². The van der Waals surface area contributed by atoms with Crippen molar-refractivity contribution in [2.45, 2.75) is 11.9 Å². The number of esters is 1. The highest BCUT2D eigenvalue weighted by molar-refractivity contribution is 7.89. The lowest BCUT2D eigenvalue weighted by Gasteiger charge is -2.04. The summed E-state index contributed by atoms with van der Waals surface area (Å²) in [5, 5.41) is 4.40. The van der Waals surface area contributed by atoms with Crippen molar-refractivity contribution in [3.8, 4) is 5.75 Å². The summed E-state index contributed by atoms with van der Waals surface area (Å²) in [7, 11) is -3.97. The molecule has 0 aliphatic carbocycles. The number of carbonyl (C=O) groups excluding carboxylic acids is 1. The molecule has 1 rings (SSSR count). The molecule has 0 aliphatic rings. The SMILES string of the molecule is CC(=O)Oc1cccnc1S(N)(=O)=O. The third-order valence-electron chi connectivity index (χ3n) is 1.26. The number of nitrogens with zero attached hydrogens (tertiary/aromatic N) is 1. The molecule has 0 saturated heterocycles. The summed E-state index contributed by atoms with van der Waals surface area (Å²) < 4.78 is 26.5. The van der Waals surface area contributed by atoms with E-state index in [-0.39, 0.29) is 5.75 Å². The Labute approximate surface area is 80.8 Å². The van der Waals surface area contributed by atoms with Gasteiger partial charge in [0.05, 0.1) is 0 Å². The summed E-state index contributed by atoms with van der Waals surface area (Å²) in [5.41, 5.74) is 0. The molecule has 0 spiro atoms. The first-order chi connectivity index (χ1) is 6.41. The first-order valence-electron chi connectivity index (χ1n) is 3.57. The molecule has 0 amide bonds. The van der Waals surface area contributed by atoms with E-state index in [0.29, 0.717) is 0 Å². The van der Waals surface area contributed by atoms with Crippen molar-refractivity contribution in [2.75, 3.05) is 0 Å². The molecule has 2 N–H and O–H groups in total. The Bertz CT molecular complexity index is 455. The van der Waals surface area contributed by atoms with Gasteiger partial charge in [-0.25, -0.2) is 18.5 Å². The van der Waals surface area contributed by atoms with Crippen molar-refractivity contribution in [2.24, 2.45) is 5.14 Å². The van der Waals surface area contributed by atoms with E-state index in [1.165, 1.54) is 18.3 Å². The van der Waals surface area contributed by atoms with Gasteiger partial charge in [0.2, 0.25) is 5.03 Å². The smallest absolute Gasteiger partial charge is 0.308 e. The summed E-state index contributed by atoms with van der Waals surface area (Å²) in [6.07, 6.45) is 1.24. The van der Waals surface area contributed by atoms with Gasteiger partial charge in [-0.2, -0.15) is 0 Å². The standard InChI is InChI=1S/C7H8N2O4S/c1-5(10)13-6-3-2-4-9-7(6)14(8,11)12/h2-4H,1H3,(H2,8,11,12). The van der Waals surface area contributed by atoms with Gasteiger partial charge in [0, 0.05) is 13.1 Å². The van der Waals surface area contributed by atoms with Crippen LogP contribution in [0.3, 0.4) is 0 Å². The topological polar surface area (TPSA) is 99.3 Å². The molecule has 1 aromatic heterocycles. The Morgan fingerprint density at radius 1 is 1.57 bits per heavy atom. The highest BCUT2D eigenvalue weighted by atomic mass is 32.2. The van der Waals surface area contributed by atoms with Crippen molar-refractivity contribution in [1.82, 2.24) is 4.98 Å². The van der Waals surface area contributed by atoms with Crippen LogP contribution in [0.2, 0.25) is 0 Å². The number of sulfonamides is 1. The molecule has 0 unspecified atom stereocenters. The van der Waals surface area contributed by atoms with E-state index in [0.717, 1.165) is 6.92 Å². The van der Waals surface area contributed by atoms with Crippen LogP contribution in [0.4, 0.5) is 0 Å². The molecule has 0 radical (unpaired) electrons. The molecule has 0 fully saturated rings. The zero-order valence-electron chi connectivity index (χ0n) is 7.30. The predicted molar refractivity (Wildman–Crippen MR) is 46.9 cm³/mol. The average Bonchev–Trinajstić information content (AvgIpc) is 2.01. The first-order valence-corrected chi connectivity index (χ1v) is 5.12. The van der Waals surface area contributed by atoms with Gasteiger partial charge >= 0.3 is 5.97 Å². The number of rotatable bonds is 2. The van der Waals surface area contributed by atoms with E-state index < -0.39 is 21.0 Å². The number of pyridine rings is 1. The summed E-state index contributed by atoms with van der Waals surface area (Å²) in [6, 6.07) is 2.74. The van der Waals surface area contributed by atoms with Crippen LogP contribution < -0.4 is 9.88 Å². The lowest BCUT2D eigenvalue weighted by atomic mass is 10.5. The van der Waals surface area contributed by atoms with E-state index in [2.05, 4.69) is 9.72 Å². The fourth-order valence-electron chi connectivity index (χ4n) is 0.822. The van der Waals surface area contributed by atoms with Crippen LogP contribution in [0.1, 0.15) is 6.92 Å². The van der Waals surface area contributed by atoms with Gasteiger partial charge in [0.25, 0.3) is 10.0 Å². The molecule has 1 aromatic rings. The zero-order chi connectivity index (χ0) is 10.8. The minimum atomic E-state index is -3.97. The molecule has 1 heterocycles. The number of aromatic nitrogens is 1. The molecule has 0 aromatic carbocycles. The molecule has 0 atom stereocenters. The van der Waals surface area contributed by atoms with E-state index in [1.54, 1.807) is 0 Å². The van der Waals surface area contributed by atoms with Gasteiger partial charge in [-0.15, -0.1) is 0 Å². The van der Waals surface area contributed by atoms with Crippen molar-refractivity contribution in [1.29, 1.82) is 0 Å². The molecular formula is C7H8N2O4S. The summed E-state index contributed by atoms with van der Waals surface area (Å²) in [4.78, 5) is 14.1. The van der Waals surface area contributed by atoms with Gasteiger partial charge in [0.1, 0.15) is 0 Å². The number of primary sulfonamides is 1. The van der Waals surface area contributed by atoms with Gasteiger partial charge in [0.15, 0.2) is 5.75 Å². The maximum Gasteiger partial charge on any atom is 0.308 e. The van der Waals surface area contributed by atoms with E-state index in [9.17, 15) is 13.2 Å². The van der Waals surface area contributed by atoms with Crippen LogP contribution in [-0.4, -0.2) is 19.4 Å². The second-order valence-electron chi connectivity index (χ2n) is 2.45. The molecule has 14 heavy (non-hydrogen) atoms. The number of hydrogen-bond acceptors (Lipinski definition) is 5. The maximum atomic E-state index is 11.0. The Balaban J connectivity index is 3.23.